The maximum atomic E-state index is 3.83. The lowest BCUT2D eigenvalue weighted by atomic mass is 10.2. The summed E-state index contributed by atoms with van der Waals surface area (Å²) in [5.41, 5.74) is 2.19. The van der Waals surface area contributed by atoms with Crippen molar-refractivity contribution < 1.29 is 0 Å². The molecule has 46 valence electrons. The lowest BCUT2D eigenvalue weighted by Gasteiger charge is -1.85. The van der Waals surface area contributed by atoms with E-state index >= 15 is 0 Å². The second-order valence-corrected chi connectivity index (χ2v) is 2.17. The van der Waals surface area contributed by atoms with Crippen molar-refractivity contribution in [1.29, 1.82) is 0 Å². The Hall–Kier alpha value is -1.04. The van der Waals surface area contributed by atoms with Crippen LogP contribution in [-0.2, 0) is 0 Å². The molecule has 1 rings (SSSR count). The maximum Gasteiger partial charge on any atom is -0.01000 e. The molecule has 0 atom stereocenters. The molecule has 0 amide bonds. The molecule has 1 aliphatic rings. The Balaban J connectivity index is 2.80. The molecule has 0 bridgehead atoms. The van der Waals surface area contributed by atoms with Gasteiger partial charge in [-0.2, -0.15) is 0 Å². The smallest absolute Gasteiger partial charge is 0.01000 e. The van der Waals surface area contributed by atoms with Crippen molar-refractivity contribution in [3.05, 3.63) is 48.6 Å². The summed E-state index contributed by atoms with van der Waals surface area (Å²) in [6.07, 6.45) is 9.02. The van der Waals surface area contributed by atoms with Gasteiger partial charge in [-0.25, -0.2) is 0 Å². The highest BCUT2D eigenvalue weighted by molar-refractivity contribution is 5.36. The molecule has 0 heteroatoms. The molecule has 9 heavy (non-hydrogen) atoms. The van der Waals surface area contributed by atoms with E-state index in [0.29, 0.717) is 0 Å². The maximum absolute atomic E-state index is 3.83. The number of rotatable bonds is 0. The fourth-order valence-electron chi connectivity index (χ4n) is 0.710. The van der Waals surface area contributed by atoms with Gasteiger partial charge in [-0.05, 0) is 12.0 Å². The number of hydrogen-bond donors (Lipinski definition) is 0. The Kier molecular flexibility index (Phi) is 1.69. The van der Waals surface area contributed by atoms with Crippen LogP contribution in [0.25, 0.3) is 0 Å². The lowest BCUT2D eigenvalue weighted by Crippen LogP contribution is -1.65. The Morgan fingerprint density at radius 2 is 1.89 bits per heavy atom. The van der Waals surface area contributed by atoms with E-state index < -0.39 is 0 Å². The average molecular weight is 118 g/mol. The minimum atomic E-state index is 0.954. The van der Waals surface area contributed by atoms with Crippen molar-refractivity contribution in [3.8, 4) is 0 Å². The zero-order valence-electron chi connectivity index (χ0n) is 5.43. The largest absolute Gasteiger partial charge is 0.0955 e. The van der Waals surface area contributed by atoms with E-state index in [-0.39, 0.29) is 0 Å². The zero-order chi connectivity index (χ0) is 6.69. The van der Waals surface area contributed by atoms with Gasteiger partial charge in [-0.15, -0.1) is 0 Å². The van der Waals surface area contributed by atoms with Crippen LogP contribution in [-0.4, -0.2) is 0 Å². The van der Waals surface area contributed by atoms with Crippen molar-refractivity contribution >= 4 is 0 Å². The zero-order valence-corrected chi connectivity index (χ0v) is 5.43. The molecule has 0 aromatic heterocycles. The molecule has 0 unspecified atom stereocenters. The normalized spacial score (nSPS) is 18.2. The lowest BCUT2D eigenvalue weighted by molar-refractivity contribution is 1.31. The minimum absolute atomic E-state index is 0.954. The summed E-state index contributed by atoms with van der Waals surface area (Å²) >= 11 is 0. The molecule has 0 N–H and O–H groups in total. The van der Waals surface area contributed by atoms with Crippen LogP contribution in [0.2, 0.25) is 0 Å². The van der Waals surface area contributed by atoms with E-state index in [1.807, 2.05) is 18.2 Å². The van der Waals surface area contributed by atoms with Crippen molar-refractivity contribution in [2.75, 3.05) is 0 Å². The van der Waals surface area contributed by atoms with Gasteiger partial charge in [0.2, 0.25) is 0 Å². The molecule has 1 aliphatic carbocycles. The molecule has 0 spiro atoms. The summed E-state index contributed by atoms with van der Waals surface area (Å²) < 4.78 is 0. The molecule has 0 saturated carbocycles. The average Bonchev–Trinajstić information content (AvgIpc) is 1.97. The Bertz CT molecular complexity index is 192. The highest BCUT2D eigenvalue weighted by Crippen LogP contribution is 2.09. The standard InChI is InChI=1S/C9H10/c1-8-4-3-5-9(2)7-6-8/h3-4,6-7H,1-2,5H2. The second kappa shape index (κ2) is 2.49. The van der Waals surface area contributed by atoms with Crippen LogP contribution in [0.1, 0.15) is 6.42 Å². The Morgan fingerprint density at radius 1 is 1.11 bits per heavy atom. The van der Waals surface area contributed by atoms with Crippen LogP contribution in [0.3, 0.4) is 0 Å². The predicted octanol–water partition coefficient (Wildman–Crippen LogP) is 2.61. The molecular formula is C9H10. The molecule has 0 aromatic carbocycles. The molecule has 0 aliphatic heterocycles. The molecule has 0 radical (unpaired) electrons. The Morgan fingerprint density at radius 3 is 2.67 bits per heavy atom. The van der Waals surface area contributed by atoms with Gasteiger partial charge in [0.25, 0.3) is 0 Å². The summed E-state index contributed by atoms with van der Waals surface area (Å²) in [5, 5.41) is 0. The van der Waals surface area contributed by atoms with Gasteiger partial charge < -0.3 is 0 Å². The van der Waals surface area contributed by atoms with E-state index in [4.69, 9.17) is 0 Å². The van der Waals surface area contributed by atoms with E-state index in [2.05, 4.69) is 19.2 Å². The summed E-state index contributed by atoms with van der Waals surface area (Å²) in [6, 6.07) is 0. The van der Waals surface area contributed by atoms with Gasteiger partial charge in [-0.3, -0.25) is 0 Å². The van der Waals surface area contributed by atoms with E-state index in [1.165, 1.54) is 0 Å². The second-order valence-electron chi connectivity index (χ2n) is 2.17. The summed E-state index contributed by atoms with van der Waals surface area (Å²) in [5.74, 6) is 0. The summed E-state index contributed by atoms with van der Waals surface area (Å²) in [7, 11) is 0. The van der Waals surface area contributed by atoms with Crippen LogP contribution in [0.15, 0.2) is 48.6 Å². The minimum Gasteiger partial charge on any atom is -0.0955 e. The van der Waals surface area contributed by atoms with Gasteiger partial charge in [0.1, 0.15) is 0 Å². The van der Waals surface area contributed by atoms with Gasteiger partial charge in [0.15, 0.2) is 0 Å². The summed E-state index contributed by atoms with van der Waals surface area (Å²) in [6.45, 7) is 7.62. The molecule has 0 fully saturated rings. The first kappa shape index (κ1) is 6.09. The highest BCUT2D eigenvalue weighted by atomic mass is 13.9. The molecule has 0 heterocycles. The third kappa shape index (κ3) is 1.73. The highest BCUT2D eigenvalue weighted by Gasteiger charge is 1.89. The van der Waals surface area contributed by atoms with E-state index in [9.17, 15) is 0 Å². The molecular weight excluding hydrogens is 108 g/mol. The monoisotopic (exact) mass is 118 g/mol. The van der Waals surface area contributed by atoms with E-state index in [1.54, 1.807) is 0 Å². The van der Waals surface area contributed by atoms with Crippen molar-refractivity contribution in [2.45, 2.75) is 6.42 Å². The van der Waals surface area contributed by atoms with Crippen LogP contribution >= 0.6 is 0 Å². The van der Waals surface area contributed by atoms with Crippen molar-refractivity contribution in [3.63, 3.8) is 0 Å². The molecule has 0 aromatic rings. The van der Waals surface area contributed by atoms with Crippen LogP contribution < -0.4 is 0 Å². The van der Waals surface area contributed by atoms with Gasteiger partial charge >= 0.3 is 0 Å². The molecule has 0 nitrogen and oxygen atoms in total. The fourth-order valence-corrected chi connectivity index (χ4v) is 0.710. The fraction of sp³-hybridized carbons (Fsp3) is 0.111. The topological polar surface area (TPSA) is 0 Å². The van der Waals surface area contributed by atoms with Crippen LogP contribution in [0, 0.1) is 0 Å². The van der Waals surface area contributed by atoms with Crippen LogP contribution in [0.5, 0.6) is 0 Å². The predicted molar refractivity (Wildman–Crippen MR) is 41.2 cm³/mol. The third-order valence-corrected chi connectivity index (χ3v) is 1.25. The quantitative estimate of drug-likeness (QED) is 0.458. The first-order valence-corrected chi connectivity index (χ1v) is 3.00. The Labute approximate surface area is 55.9 Å². The van der Waals surface area contributed by atoms with Gasteiger partial charge in [-0.1, -0.05) is 43.0 Å². The number of hydrogen-bond acceptors (Lipinski definition) is 0. The molecule has 0 saturated heterocycles. The summed E-state index contributed by atoms with van der Waals surface area (Å²) in [4.78, 5) is 0. The number of allylic oxidation sites excluding steroid dienone is 6. The van der Waals surface area contributed by atoms with Crippen molar-refractivity contribution in [2.24, 2.45) is 0 Å². The first-order chi connectivity index (χ1) is 4.29. The van der Waals surface area contributed by atoms with Crippen LogP contribution in [0.4, 0.5) is 0 Å². The van der Waals surface area contributed by atoms with Gasteiger partial charge in [0, 0.05) is 0 Å². The van der Waals surface area contributed by atoms with Crippen molar-refractivity contribution in [1.82, 2.24) is 0 Å². The SMILES string of the molecule is C=C1C=CCC(=C)C=C1. The van der Waals surface area contributed by atoms with Gasteiger partial charge in [0.05, 0.1) is 0 Å². The first-order valence-electron chi connectivity index (χ1n) is 3.00. The third-order valence-electron chi connectivity index (χ3n) is 1.25. The van der Waals surface area contributed by atoms with E-state index in [0.717, 1.165) is 17.6 Å².